The molecule has 0 aliphatic carbocycles. The summed E-state index contributed by atoms with van der Waals surface area (Å²) < 4.78 is 5.02. The maximum atomic E-state index is 12.6. The Morgan fingerprint density at radius 2 is 2.21 bits per heavy atom. The van der Waals surface area contributed by atoms with Gasteiger partial charge in [-0.1, -0.05) is 5.16 Å². The highest BCUT2D eigenvalue weighted by atomic mass is 32.2. The Labute approximate surface area is 189 Å². The third-order valence-corrected chi connectivity index (χ3v) is 6.03. The SMILES string of the molecule is COCC1=C(C(=O)O)N2C(=O)[C@@H](NC(=O)/C(=N\OC)c3csc(N)n3)[C@H]2SC1.[MgH2]. The molecule has 11 nitrogen and oxygen atoms in total. The molecule has 154 valence electrons. The molecule has 0 radical (unpaired) electrons. The molecule has 1 saturated heterocycles. The van der Waals surface area contributed by atoms with Crippen molar-refractivity contribution in [2.75, 3.05) is 32.3 Å². The van der Waals surface area contributed by atoms with Gasteiger partial charge >= 0.3 is 29.0 Å². The zero-order chi connectivity index (χ0) is 20.4. The smallest absolute Gasteiger partial charge is 0.352 e. The second-order valence-corrected chi connectivity index (χ2v) is 7.74. The number of aliphatic carboxylic acids is 1. The third-order valence-electron chi connectivity index (χ3n) is 4.02. The van der Waals surface area contributed by atoms with Gasteiger partial charge in [-0.15, -0.1) is 23.1 Å². The van der Waals surface area contributed by atoms with Gasteiger partial charge in [-0.2, -0.15) is 0 Å². The number of nitrogens with two attached hydrogens (primary N) is 1. The molecule has 14 heteroatoms. The number of hydrogen-bond acceptors (Lipinski definition) is 10. The molecule has 3 rings (SSSR count). The fourth-order valence-corrected chi connectivity index (χ4v) is 4.75. The van der Waals surface area contributed by atoms with E-state index in [-0.39, 0.29) is 51.9 Å². The number of nitrogens with zero attached hydrogens (tertiary/aromatic N) is 3. The molecular weight excluding hydrogens is 435 g/mol. The number of carbonyl (C=O) groups excluding carboxylic acids is 2. The van der Waals surface area contributed by atoms with Crippen LogP contribution >= 0.6 is 23.1 Å². The van der Waals surface area contributed by atoms with Crippen molar-refractivity contribution in [1.82, 2.24) is 15.2 Å². The summed E-state index contributed by atoms with van der Waals surface area (Å²) in [6, 6.07) is -0.894. The standard InChI is InChI=1S/C15H17N5O6S2.Mg.2H/c1-25-3-6-4-27-13-9(12(22)20(13)10(6)14(23)24)18-11(21)8(19-26-2)7-5-28-15(16)17-7;;;/h5,9,13H,3-4H2,1-2H3,(H2,16,17)(H,18,21)(H,23,24);;;/b19-8-;;;/t9-,13-;;;/m1.../s1. The number of carboxylic acid groups (broad SMARTS) is 1. The van der Waals surface area contributed by atoms with Crippen LogP contribution < -0.4 is 11.1 Å². The topological polar surface area (TPSA) is 156 Å². The molecule has 0 spiro atoms. The number of methoxy groups -OCH3 is 1. The number of aromatic nitrogens is 1. The number of carbonyl (C=O) groups is 3. The van der Waals surface area contributed by atoms with Gasteiger partial charge in [0, 0.05) is 18.2 Å². The summed E-state index contributed by atoms with van der Waals surface area (Å²) in [5, 5.41) is 17.0. The average Bonchev–Trinajstić information content (AvgIpc) is 3.09. The number of anilines is 1. The Kier molecular flexibility index (Phi) is 7.87. The molecule has 29 heavy (non-hydrogen) atoms. The summed E-state index contributed by atoms with van der Waals surface area (Å²) >= 11 is 2.47. The summed E-state index contributed by atoms with van der Waals surface area (Å²) in [6.07, 6.45) is 0. The lowest BCUT2D eigenvalue weighted by Crippen LogP contribution is -2.71. The van der Waals surface area contributed by atoms with Gasteiger partial charge in [0.25, 0.3) is 11.8 Å². The maximum absolute atomic E-state index is 12.6. The van der Waals surface area contributed by atoms with Crippen LogP contribution in [-0.2, 0) is 24.0 Å². The lowest BCUT2D eigenvalue weighted by Gasteiger charge is -2.49. The van der Waals surface area contributed by atoms with Gasteiger partial charge in [0.2, 0.25) is 0 Å². The summed E-state index contributed by atoms with van der Waals surface area (Å²) in [6.45, 7) is 0.109. The van der Waals surface area contributed by atoms with E-state index in [1.54, 1.807) is 5.38 Å². The number of rotatable bonds is 7. The van der Waals surface area contributed by atoms with Crippen LogP contribution in [0, 0.1) is 0 Å². The van der Waals surface area contributed by atoms with Crippen molar-refractivity contribution >= 4 is 74.8 Å². The number of thiazole rings is 1. The molecule has 1 aromatic heterocycles. The van der Waals surface area contributed by atoms with Crippen LogP contribution in [0.5, 0.6) is 0 Å². The Hall–Kier alpha value is -1.87. The van der Waals surface area contributed by atoms with E-state index in [2.05, 4.69) is 15.5 Å². The van der Waals surface area contributed by atoms with Crippen molar-refractivity contribution in [3.05, 3.63) is 22.3 Å². The Morgan fingerprint density at radius 1 is 1.48 bits per heavy atom. The lowest BCUT2D eigenvalue weighted by molar-refractivity contribution is -0.150. The lowest BCUT2D eigenvalue weighted by atomic mass is 10.0. The van der Waals surface area contributed by atoms with Crippen LogP contribution in [-0.4, -0.2) is 99.5 Å². The minimum atomic E-state index is -1.21. The van der Waals surface area contributed by atoms with E-state index in [1.165, 1.54) is 30.9 Å². The molecule has 2 aliphatic rings. The molecule has 2 amide bonds. The number of thioether (sulfide) groups is 1. The Bertz CT molecular complexity index is 888. The molecule has 3 heterocycles. The van der Waals surface area contributed by atoms with Crippen LogP contribution in [0.15, 0.2) is 21.8 Å². The number of amides is 2. The second kappa shape index (κ2) is 9.75. The summed E-state index contributed by atoms with van der Waals surface area (Å²) in [5.41, 5.74) is 6.09. The van der Waals surface area contributed by atoms with Crippen LogP contribution in [0.2, 0.25) is 0 Å². The van der Waals surface area contributed by atoms with Crippen LogP contribution in [0.1, 0.15) is 5.69 Å². The number of ether oxygens (including phenoxy) is 1. The van der Waals surface area contributed by atoms with E-state index in [4.69, 9.17) is 15.3 Å². The van der Waals surface area contributed by atoms with E-state index in [0.717, 1.165) is 11.3 Å². The van der Waals surface area contributed by atoms with Gasteiger partial charge in [-0.05, 0) is 5.57 Å². The minimum Gasteiger partial charge on any atom is -0.477 e. The maximum Gasteiger partial charge on any atom is 0.352 e. The van der Waals surface area contributed by atoms with Gasteiger partial charge in [-0.25, -0.2) is 9.78 Å². The fraction of sp³-hybridized carbons (Fsp3) is 0.400. The van der Waals surface area contributed by atoms with Crippen molar-refractivity contribution in [2.24, 2.45) is 5.16 Å². The number of β-lactam (4-membered cyclic amide) rings is 1. The minimum absolute atomic E-state index is 0. The number of nitrogen functional groups attached to an aromatic ring is 1. The van der Waals surface area contributed by atoms with Crippen molar-refractivity contribution in [1.29, 1.82) is 0 Å². The molecule has 0 bridgehead atoms. The normalized spacial score (nSPS) is 21.1. The van der Waals surface area contributed by atoms with E-state index in [0.29, 0.717) is 11.3 Å². The van der Waals surface area contributed by atoms with E-state index >= 15 is 0 Å². The average molecular weight is 454 g/mol. The van der Waals surface area contributed by atoms with E-state index < -0.39 is 29.2 Å². The van der Waals surface area contributed by atoms with Gasteiger partial charge in [0.05, 0.1) is 6.61 Å². The zero-order valence-electron chi connectivity index (χ0n) is 14.9. The number of carboxylic acids is 1. The van der Waals surface area contributed by atoms with Crippen LogP contribution in [0.25, 0.3) is 0 Å². The highest BCUT2D eigenvalue weighted by Gasteiger charge is 2.54. The summed E-state index contributed by atoms with van der Waals surface area (Å²) in [7, 11) is 2.73. The molecular formula is C15H19MgN5O6S2. The summed E-state index contributed by atoms with van der Waals surface area (Å²) in [5.74, 6) is -2.03. The monoisotopic (exact) mass is 453 g/mol. The summed E-state index contributed by atoms with van der Waals surface area (Å²) in [4.78, 5) is 46.7. The third kappa shape index (κ3) is 4.50. The quantitative estimate of drug-likeness (QED) is 0.194. The number of nitrogens with one attached hydrogen (secondary N) is 1. The van der Waals surface area contributed by atoms with Crippen molar-refractivity contribution < 1.29 is 29.1 Å². The van der Waals surface area contributed by atoms with Gasteiger partial charge < -0.3 is 25.7 Å². The number of oxime groups is 1. The molecule has 4 N–H and O–H groups in total. The molecule has 1 aromatic rings. The molecule has 2 aliphatic heterocycles. The number of fused-ring (bicyclic) bond motifs is 1. The zero-order valence-corrected chi connectivity index (χ0v) is 16.5. The fourth-order valence-electron chi connectivity index (χ4n) is 2.87. The van der Waals surface area contributed by atoms with Crippen LogP contribution in [0.3, 0.4) is 0 Å². The van der Waals surface area contributed by atoms with Gasteiger partial charge in [0.1, 0.15) is 29.9 Å². The predicted octanol–water partition coefficient (Wildman–Crippen LogP) is -1.46. The molecule has 0 saturated carbocycles. The molecule has 1 fully saturated rings. The van der Waals surface area contributed by atoms with Gasteiger partial charge in [0.15, 0.2) is 10.8 Å². The first kappa shape index (κ1) is 23.4. The number of hydrogen-bond donors (Lipinski definition) is 3. The van der Waals surface area contributed by atoms with Crippen LogP contribution in [0.4, 0.5) is 5.13 Å². The Morgan fingerprint density at radius 3 is 2.76 bits per heavy atom. The van der Waals surface area contributed by atoms with Crippen molar-refractivity contribution in [3.8, 4) is 0 Å². The van der Waals surface area contributed by atoms with E-state index in [9.17, 15) is 19.5 Å². The first-order valence-corrected chi connectivity index (χ1v) is 9.84. The van der Waals surface area contributed by atoms with Gasteiger partial charge in [-0.3, -0.25) is 14.5 Å². The van der Waals surface area contributed by atoms with E-state index in [1.807, 2.05) is 0 Å². The van der Waals surface area contributed by atoms with Crippen molar-refractivity contribution in [2.45, 2.75) is 11.4 Å². The largest absolute Gasteiger partial charge is 0.477 e. The molecule has 2 atom stereocenters. The first-order chi connectivity index (χ1) is 13.4. The molecule has 0 aromatic carbocycles. The second-order valence-electron chi connectivity index (χ2n) is 5.74. The highest BCUT2D eigenvalue weighted by molar-refractivity contribution is 8.00. The first-order valence-electron chi connectivity index (χ1n) is 7.91. The Balaban J connectivity index is 0.00000300. The predicted molar refractivity (Wildman–Crippen MR) is 110 cm³/mol. The van der Waals surface area contributed by atoms with Crippen molar-refractivity contribution in [3.63, 3.8) is 0 Å². The molecule has 0 unspecified atom stereocenters. The highest BCUT2D eigenvalue weighted by Crippen LogP contribution is 2.40.